The van der Waals surface area contributed by atoms with E-state index in [-0.39, 0.29) is 5.82 Å². The molecule has 1 unspecified atom stereocenters. The molecule has 20 heavy (non-hydrogen) atoms. The quantitative estimate of drug-likeness (QED) is 0.894. The number of carbonyl (C=O) groups is 1. The van der Waals surface area contributed by atoms with E-state index in [1.54, 1.807) is 37.8 Å². The minimum atomic E-state index is -0.745. The van der Waals surface area contributed by atoms with Gasteiger partial charge in [-0.2, -0.15) is 5.10 Å². The van der Waals surface area contributed by atoms with Crippen LogP contribution in [-0.2, 0) is 11.8 Å². The number of nitrogens with two attached hydrogens (primary N) is 1. The van der Waals surface area contributed by atoms with Gasteiger partial charge in [0.15, 0.2) is 0 Å². The summed E-state index contributed by atoms with van der Waals surface area (Å²) in [6.07, 6.45) is 1.73. The maximum Gasteiger partial charge on any atom is 0.244 e. The maximum absolute atomic E-state index is 13.4. The highest BCUT2D eigenvalue weighted by molar-refractivity contribution is 5.84. The second kappa shape index (κ2) is 5.32. The molecule has 2 aromatic rings. The van der Waals surface area contributed by atoms with Crippen LogP contribution in [0, 0.1) is 19.7 Å². The van der Waals surface area contributed by atoms with Crippen molar-refractivity contribution in [3.8, 4) is 0 Å². The van der Waals surface area contributed by atoms with Gasteiger partial charge in [0.05, 0.1) is 5.69 Å². The lowest BCUT2D eigenvalue weighted by Gasteiger charge is -2.16. The van der Waals surface area contributed by atoms with Gasteiger partial charge < -0.3 is 11.1 Å². The van der Waals surface area contributed by atoms with Crippen LogP contribution < -0.4 is 11.1 Å². The predicted octanol–water partition coefficient (Wildman–Crippen LogP) is 1.81. The van der Waals surface area contributed by atoms with Crippen LogP contribution >= 0.6 is 0 Å². The van der Waals surface area contributed by atoms with Crippen molar-refractivity contribution in [1.82, 2.24) is 9.78 Å². The standard InChI is InChI=1S/C14H17FN4O/c1-8-4-10(15)6-11(5-8)17-13(14(16)20)12-7-19(3)18-9(12)2/h4-7,13,17H,1-3H3,(H2,16,20). The SMILES string of the molecule is Cc1cc(F)cc(NC(C(N)=O)c2cn(C)nc2C)c1. The first kappa shape index (κ1) is 14.0. The third-order valence-corrected chi connectivity index (χ3v) is 3.00. The molecule has 0 aliphatic carbocycles. The summed E-state index contributed by atoms with van der Waals surface area (Å²) in [6.45, 7) is 3.58. The molecule has 5 nitrogen and oxygen atoms in total. The van der Waals surface area contributed by atoms with E-state index in [2.05, 4.69) is 10.4 Å². The molecule has 3 N–H and O–H groups in total. The number of aryl methyl sites for hydroxylation is 3. The van der Waals surface area contributed by atoms with Crippen molar-refractivity contribution in [3.05, 3.63) is 47.0 Å². The van der Waals surface area contributed by atoms with Crippen LogP contribution in [0.2, 0.25) is 0 Å². The molecule has 0 saturated carbocycles. The Morgan fingerprint density at radius 3 is 2.60 bits per heavy atom. The number of amides is 1. The Morgan fingerprint density at radius 2 is 2.10 bits per heavy atom. The van der Waals surface area contributed by atoms with E-state index < -0.39 is 11.9 Å². The van der Waals surface area contributed by atoms with Gasteiger partial charge in [0.25, 0.3) is 0 Å². The zero-order valence-electron chi connectivity index (χ0n) is 11.6. The minimum absolute atomic E-state index is 0.362. The van der Waals surface area contributed by atoms with Gasteiger partial charge in [-0.3, -0.25) is 9.48 Å². The highest BCUT2D eigenvalue weighted by Crippen LogP contribution is 2.23. The third-order valence-electron chi connectivity index (χ3n) is 3.00. The van der Waals surface area contributed by atoms with Gasteiger partial charge in [-0.25, -0.2) is 4.39 Å². The summed E-state index contributed by atoms with van der Waals surface area (Å²) in [6, 6.07) is 3.75. The second-order valence-corrected chi connectivity index (χ2v) is 4.84. The highest BCUT2D eigenvalue weighted by Gasteiger charge is 2.22. The molecule has 1 aromatic carbocycles. The Balaban J connectivity index is 2.35. The molecule has 106 valence electrons. The summed E-state index contributed by atoms with van der Waals surface area (Å²) in [4.78, 5) is 11.7. The van der Waals surface area contributed by atoms with Crippen LogP contribution in [0.25, 0.3) is 0 Å². The van der Waals surface area contributed by atoms with E-state index in [9.17, 15) is 9.18 Å². The number of nitrogens with one attached hydrogen (secondary N) is 1. The first-order chi connectivity index (χ1) is 9.36. The van der Waals surface area contributed by atoms with E-state index in [1.165, 1.54) is 12.1 Å². The molecule has 1 heterocycles. The summed E-state index contributed by atoms with van der Waals surface area (Å²) < 4.78 is 15.0. The fourth-order valence-electron chi connectivity index (χ4n) is 2.19. The molecule has 0 aliphatic heterocycles. The van der Waals surface area contributed by atoms with Gasteiger partial charge in [0.1, 0.15) is 11.9 Å². The lowest BCUT2D eigenvalue weighted by molar-refractivity contribution is -0.118. The fourth-order valence-corrected chi connectivity index (χ4v) is 2.19. The molecule has 0 bridgehead atoms. The van der Waals surface area contributed by atoms with E-state index in [0.29, 0.717) is 16.9 Å². The number of aromatic nitrogens is 2. The predicted molar refractivity (Wildman–Crippen MR) is 74.6 cm³/mol. The average molecular weight is 276 g/mol. The van der Waals surface area contributed by atoms with Crippen LogP contribution in [0.5, 0.6) is 0 Å². The largest absolute Gasteiger partial charge is 0.370 e. The molecule has 1 aromatic heterocycles. The van der Waals surface area contributed by atoms with Gasteiger partial charge in [-0.15, -0.1) is 0 Å². The Morgan fingerprint density at radius 1 is 1.40 bits per heavy atom. The van der Waals surface area contributed by atoms with Gasteiger partial charge in [-0.05, 0) is 37.6 Å². The molecule has 2 rings (SSSR count). The van der Waals surface area contributed by atoms with E-state index in [1.807, 2.05) is 0 Å². The fraction of sp³-hybridized carbons (Fsp3) is 0.286. The first-order valence-corrected chi connectivity index (χ1v) is 6.20. The second-order valence-electron chi connectivity index (χ2n) is 4.84. The van der Waals surface area contributed by atoms with Crippen LogP contribution in [0.4, 0.5) is 10.1 Å². The van der Waals surface area contributed by atoms with Crippen molar-refractivity contribution in [2.45, 2.75) is 19.9 Å². The number of primary amides is 1. The number of carbonyl (C=O) groups excluding carboxylic acids is 1. The van der Waals surface area contributed by atoms with Gasteiger partial charge in [0, 0.05) is 24.5 Å². The van der Waals surface area contributed by atoms with Crippen LogP contribution in [-0.4, -0.2) is 15.7 Å². The number of nitrogens with zero attached hydrogens (tertiary/aromatic N) is 2. The summed E-state index contributed by atoms with van der Waals surface area (Å²) in [5, 5.41) is 7.15. The van der Waals surface area contributed by atoms with E-state index >= 15 is 0 Å². The van der Waals surface area contributed by atoms with Crippen molar-refractivity contribution >= 4 is 11.6 Å². The molecule has 1 atom stereocenters. The number of rotatable bonds is 4. The normalized spacial score (nSPS) is 12.2. The lowest BCUT2D eigenvalue weighted by Crippen LogP contribution is -2.28. The zero-order valence-corrected chi connectivity index (χ0v) is 11.6. The molecule has 0 fully saturated rings. The highest BCUT2D eigenvalue weighted by atomic mass is 19.1. The first-order valence-electron chi connectivity index (χ1n) is 6.20. The topological polar surface area (TPSA) is 72.9 Å². The molecular formula is C14H17FN4O. The van der Waals surface area contributed by atoms with E-state index in [0.717, 1.165) is 5.56 Å². The Hall–Kier alpha value is -2.37. The summed E-state index contributed by atoms with van der Waals surface area (Å²) in [5.74, 6) is -0.901. The molecule has 0 radical (unpaired) electrons. The van der Waals surface area contributed by atoms with Gasteiger partial charge in [0.2, 0.25) is 5.91 Å². The molecular weight excluding hydrogens is 259 g/mol. The smallest absolute Gasteiger partial charge is 0.244 e. The Bertz CT molecular complexity index is 630. The number of anilines is 1. The minimum Gasteiger partial charge on any atom is -0.370 e. The van der Waals surface area contributed by atoms with Crippen molar-refractivity contribution in [2.24, 2.45) is 12.8 Å². The average Bonchev–Trinajstić information content (AvgIpc) is 2.63. The molecule has 1 amide bonds. The van der Waals surface area contributed by atoms with Crippen molar-refractivity contribution in [3.63, 3.8) is 0 Å². The Kier molecular flexibility index (Phi) is 3.74. The van der Waals surface area contributed by atoms with Gasteiger partial charge >= 0.3 is 0 Å². The van der Waals surface area contributed by atoms with E-state index in [4.69, 9.17) is 5.73 Å². The number of benzene rings is 1. The van der Waals surface area contributed by atoms with Crippen molar-refractivity contribution in [1.29, 1.82) is 0 Å². The number of halogens is 1. The third kappa shape index (κ3) is 2.96. The molecule has 0 spiro atoms. The summed E-state index contributed by atoms with van der Waals surface area (Å²) in [5.41, 5.74) is 8.10. The van der Waals surface area contributed by atoms with Gasteiger partial charge in [-0.1, -0.05) is 0 Å². The Labute approximate surface area is 116 Å². The number of hydrogen-bond donors (Lipinski definition) is 2. The van der Waals surface area contributed by atoms with Crippen molar-refractivity contribution in [2.75, 3.05) is 5.32 Å². The van der Waals surface area contributed by atoms with Crippen molar-refractivity contribution < 1.29 is 9.18 Å². The summed E-state index contributed by atoms with van der Waals surface area (Å²) in [7, 11) is 1.76. The maximum atomic E-state index is 13.4. The summed E-state index contributed by atoms with van der Waals surface area (Å²) >= 11 is 0. The molecule has 6 heteroatoms. The number of hydrogen-bond acceptors (Lipinski definition) is 3. The lowest BCUT2D eigenvalue weighted by atomic mass is 10.1. The van der Waals surface area contributed by atoms with Crippen LogP contribution in [0.15, 0.2) is 24.4 Å². The van der Waals surface area contributed by atoms with Crippen LogP contribution in [0.3, 0.4) is 0 Å². The zero-order chi connectivity index (χ0) is 14.9. The van der Waals surface area contributed by atoms with Crippen LogP contribution in [0.1, 0.15) is 22.9 Å². The molecule has 0 aliphatic rings. The molecule has 0 saturated heterocycles. The monoisotopic (exact) mass is 276 g/mol.